The van der Waals surface area contributed by atoms with Crippen molar-refractivity contribution in [1.82, 2.24) is 0 Å². The predicted octanol–water partition coefficient (Wildman–Crippen LogP) is 5.24. The van der Waals surface area contributed by atoms with E-state index in [1.165, 1.54) is 35.2 Å². The van der Waals surface area contributed by atoms with E-state index in [2.05, 4.69) is 0 Å². The molecule has 1 saturated heterocycles. The highest BCUT2D eigenvalue weighted by Gasteiger charge is 2.33. The van der Waals surface area contributed by atoms with Gasteiger partial charge in [-0.25, -0.2) is 4.39 Å². The second kappa shape index (κ2) is 6.72. The lowest BCUT2D eigenvalue weighted by Crippen LogP contribution is -2.27. The van der Waals surface area contributed by atoms with E-state index in [9.17, 15) is 14.3 Å². The van der Waals surface area contributed by atoms with Gasteiger partial charge >= 0.3 is 0 Å². The summed E-state index contributed by atoms with van der Waals surface area (Å²) in [7, 11) is 0. The van der Waals surface area contributed by atoms with Gasteiger partial charge in [-0.1, -0.05) is 53.2 Å². The number of nitrogens with zero attached hydrogens (tertiary/aromatic N) is 1. The van der Waals surface area contributed by atoms with Crippen LogP contribution in [0.25, 0.3) is 6.08 Å². The minimum Gasteiger partial charge on any atom is -0.506 e. The number of thioether (sulfide) groups is 1. The Morgan fingerprint density at radius 2 is 1.92 bits per heavy atom. The van der Waals surface area contributed by atoms with Gasteiger partial charge in [-0.05, 0) is 42.0 Å². The second-order valence-electron chi connectivity index (χ2n) is 4.83. The third kappa shape index (κ3) is 3.28. The summed E-state index contributed by atoms with van der Waals surface area (Å²) in [4.78, 5) is 14.3. The summed E-state index contributed by atoms with van der Waals surface area (Å²) in [5, 5.41) is 9.54. The first-order valence-electron chi connectivity index (χ1n) is 6.58. The third-order valence-electron chi connectivity index (χ3n) is 3.22. The maximum absolute atomic E-state index is 13.3. The molecular weight excluding hydrogens is 392 g/mol. The van der Waals surface area contributed by atoms with Crippen LogP contribution in [0.5, 0.6) is 5.75 Å². The molecule has 0 aromatic heterocycles. The van der Waals surface area contributed by atoms with Crippen LogP contribution in [-0.2, 0) is 4.79 Å². The number of aromatic hydroxyl groups is 1. The highest BCUT2D eigenvalue weighted by Crippen LogP contribution is 2.37. The highest BCUT2D eigenvalue weighted by molar-refractivity contribution is 8.27. The molecule has 24 heavy (non-hydrogen) atoms. The van der Waals surface area contributed by atoms with Crippen molar-refractivity contribution in [2.24, 2.45) is 0 Å². The van der Waals surface area contributed by atoms with Gasteiger partial charge in [0, 0.05) is 0 Å². The summed E-state index contributed by atoms with van der Waals surface area (Å²) < 4.78 is 13.6. The number of phenolic OH excluding ortho intramolecular Hbond substituents is 1. The van der Waals surface area contributed by atoms with Crippen molar-refractivity contribution in [1.29, 1.82) is 0 Å². The molecule has 1 heterocycles. The number of phenols is 1. The van der Waals surface area contributed by atoms with Crippen LogP contribution in [0.4, 0.5) is 10.1 Å². The summed E-state index contributed by atoms with van der Waals surface area (Å²) in [6.07, 6.45) is 1.62. The molecule has 8 heteroatoms. The van der Waals surface area contributed by atoms with Crippen molar-refractivity contribution in [3.05, 3.63) is 62.7 Å². The summed E-state index contributed by atoms with van der Waals surface area (Å²) in [6.45, 7) is 0. The van der Waals surface area contributed by atoms with E-state index in [1.54, 1.807) is 12.1 Å². The highest BCUT2D eigenvalue weighted by atomic mass is 35.5. The topological polar surface area (TPSA) is 40.5 Å². The van der Waals surface area contributed by atoms with Gasteiger partial charge in [0.2, 0.25) is 0 Å². The summed E-state index contributed by atoms with van der Waals surface area (Å²) >= 11 is 18.0. The Hall–Kier alpha value is -1.60. The molecule has 3 rings (SSSR count). The summed E-state index contributed by atoms with van der Waals surface area (Å²) in [5.41, 5.74) is 1.05. The van der Waals surface area contributed by atoms with Gasteiger partial charge in [-0.3, -0.25) is 9.69 Å². The van der Waals surface area contributed by atoms with Crippen LogP contribution in [-0.4, -0.2) is 15.3 Å². The molecule has 1 aliphatic rings. The number of carbonyl (C=O) groups is 1. The number of thiocarbonyl (C=S) groups is 1. The number of benzene rings is 2. The molecule has 2 aromatic carbocycles. The van der Waals surface area contributed by atoms with Gasteiger partial charge in [-0.15, -0.1) is 0 Å². The van der Waals surface area contributed by atoms with Gasteiger partial charge < -0.3 is 5.11 Å². The number of carbonyl (C=O) groups excluding carboxylic acids is 1. The Bertz CT molecular complexity index is 902. The fraction of sp³-hybridized carbons (Fsp3) is 0. The van der Waals surface area contributed by atoms with Crippen LogP contribution in [0.15, 0.2) is 41.3 Å². The van der Waals surface area contributed by atoms with Crippen LogP contribution in [0.1, 0.15) is 5.56 Å². The van der Waals surface area contributed by atoms with E-state index in [-0.39, 0.29) is 21.7 Å². The van der Waals surface area contributed by atoms with Gasteiger partial charge in [-0.2, -0.15) is 0 Å². The van der Waals surface area contributed by atoms with Gasteiger partial charge in [0.1, 0.15) is 11.6 Å². The molecule has 2 aromatic rings. The first-order valence-corrected chi connectivity index (χ1v) is 8.56. The van der Waals surface area contributed by atoms with Gasteiger partial charge in [0.25, 0.3) is 5.91 Å². The van der Waals surface area contributed by atoms with E-state index in [0.29, 0.717) is 20.5 Å². The molecular formula is C16H8Cl2FNO2S2. The fourth-order valence-corrected chi connectivity index (χ4v) is 3.74. The lowest BCUT2D eigenvalue weighted by Gasteiger charge is -2.14. The number of hydrogen-bond acceptors (Lipinski definition) is 4. The lowest BCUT2D eigenvalue weighted by molar-refractivity contribution is -0.113. The normalized spacial score (nSPS) is 16.3. The Balaban J connectivity index is 1.94. The van der Waals surface area contributed by atoms with Crippen molar-refractivity contribution in [2.75, 3.05) is 4.90 Å². The molecule has 0 spiro atoms. The quantitative estimate of drug-likeness (QED) is 0.553. The molecule has 1 aliphatic heterocycles. The van der Waals surface area contributed by atoms with Crippen molar-refractivity contribution in [3.8, 4) is 5.75 Å². The summed E-state index contributed by atoms with van der Waals surface area (Å²) in [5.74, 6) is -0.945. The number of rotatable bonds is 2. The van der Waals surface area contributed by atoms with Crippen molar-refractivity contribution in [3.63, 3.8) is 0 Å². The Kier molecular flexibility index (Phi) is 4.83. The number of anilines is 1. The SMILES string of the molecule is O=C1/C(=C\c2ccc(O)c(Cl)c2)SC(=S)N1c1ccc(F)c(Cl)c1. The maximum Gasteiger partial charge on any atom is 0.270 e. The van der Waals surface area contributed by atoms with E-state index in [1.807, 2.05) is 0 Å². The molecule has 0 aliphatic carbocycles. The van der Waals surface area contributed by atoms with Crippen molar-refractivity contribution < 1.29 is 14.3 Å². The fourth-order valence-electron chi connectivity index (χ4n) is 2.08. The molecule has 1 fully saturated rings. The molecule has 1 amide bonds. The Morgan fingerprint density at radius 1 is 1.17 bits per heavy atom. The maximum atomic E-state index is 13.3. The predicted molar refractivity (Wildman–Crippen MR) is 100 cm³/mol. The van der Waals surface area contributed by atoms with Crippen LogP contribution >= 0.6 is 47.2 Å². The second-order valence-corrected chi connectivity index (χ2v) is 7.32. The number of amides is 1. The van der Waals surface area contributed by atoms with Crippen LogP contribution in [0.3, 0.4) is 0 Å². The largest absolute Gasteiger partial charge is 0.506 e. The van der Waals surface area contributed by atoms with Crippen LogP contribution in [0, 0.1) is 5.82 Å². The van der Waals surface area contributed by atoms with E-state index in [0.717, 1.165) is 11.8 Å². The zero-order chi connectivity index (χ0) is 17.4. The van der Waals surface area contributed by atoms with E-state index < -0.39 is 5.82 Å². The Labute approximate surface area is 156 Å². The van der Waals surface area contributed by atoms with E-state index in [4.69, 9.17) is 35.4 Å². The van der Waals surface area contributed by atoms with E-state index >= 15 is 0 Å². The lowest BCUT2D eigenvalue weighted by atomic mass is 10.2. The molecule has 0 unspecified atom stereocenters. The van der Waals surface area contributed by atoms with Gasteiger partial charge in [0.15, 0.2) is 4.32 Å². The monoisotopic (exact) mass is 399 g/mol. The molecule has 1 N–H and O–H groups in total. The molecule has 122 valence electrons. The molecule has 0 radical (unpaired) electrons. The smallest absolute Gasteiger partial charge is 0.270 e. The number of hydrogen-bond donors (Lipinski definition) is 1. The van der Waals surface area contributed by atoms with Crippen LogP contribution in [0.2, 0.25) is 10.0 Å². The average Bonchev–Trinajstić information content (AvgIpc) is 2.80. The summed E-state index contributed by atoms with van der Waals surface area (Å²) in [6, 6.07) is 8.57. The molecule has 0 bridgehead atoms. The van der Waals surface area contributed by atoms with Crippen molar-refractivity contribution >= 4 is 69.2 Å². The average molecular weight is 400 g/mol. The van der Waals surface area contributed by atoms with Gasteiger partial charge in [0.05, 0.1) is 20.6 Å². The zero-order valence-electron chi connectivity index (χ0n) is 11.8. The molecule has 0 atom stereocenters. The first-order chi connectivity index (χ1) is 11.4. The zero-order valence-corrected chi connectivity index (χ0v) is 14.9. The van der Waals surface area contributed by atoms with Crippen molar-refractivity contribution in [2.45, 2.75) is 0 Å². The van der Waals surface area contributed by atoms with Crippen LogP contribution < -0.4 is 4.90 Å². The molecule has 0 saturated carbocycles. The number of halogens is 3. The minimum atomic E-state index is -0.569. The molecule has 3 nitrogen and oxygen atoms in total. The third-order valence-corrected chi connectivity index (χ3v) is 5.12. The minimum absolute atomic E-state index is 0.0395. The Morgan fingerprint density at radius 3 is 2.58 bits per heavy atom. The standard InChI is InChI=1S/C16H8Cl2FNO2S2/c17-10-7-9(2-3-12(10)19)20-15(22)14(24-16(20)23)6-8-1-4-13(21)11(18)5-8/h1-7,21H/b14-6+. The first kappa shape index (κ1) is 17.2.